The Kier molecular flexibility index (Phi) is 4.47. The van der Waals surface area contributed by atoms with Gasteiger partial charge in [0.1, 0.15) is 0 Å². The first-order valence-corrected chi connectivity index (χ1v) is 8.26. The van der Waals surface area contributed by atoms with Crippen LogP contribution < -0.4 is 0 Å². The molecule has 3 heterocycles. The lowest BCUT2D eigenvalue weighted by Crippen LogP contribution is -2.36. The summed E-state index contributed by atoms with van der Waals surface area (Å²) >= 11 is 0. The average Bonchev–Trinajstić information content (AvgIpc) is 3.24. The SMILES string of the molecule is Cc1cc(C(=O)CN2C(=O)C(=O)N(C)C2=O)c(C)n1C[C@@H]1CCCO1. The molecule has 3 rings (SSSR count). The quantitative estimate of drug-likeness (QED) is 0.448. The fourth-order valence-corrected chi connectivity index (χ4v) is 3.34. The monoisotopic (exact) mass is 347 g/mol. The number of rotatable bonds is 5. The normalized spacial score (nSPS) is 20.9. The third-order valence-corrected chi connectivity index (χ3v) is 4.84. The second kappa shape index (κ2) is 6.44. The van der Waals surface area contributed by atoms with Crippen LogP contribution in [0.15, 0.2) is 6.07 Å². The summed E-state index contributed by atoms with van der Waals surface area (Å²) < 4.78 is 7.67. The minimum Gasteiger partial charge on any atom is -0.376 e. The third-order valence-electron chi connectivity index (χ3n) is 4.84. The van der Waals surface area contributed by atoms with Crippen LogP contribution in [-0.4, -0.2) is 64.3 Å². The molecule has 0 aliphatic carbocycles. The Labute approximate surface area is 145 Å². The smallest absolute Gasteiger partial charge is 0.334 e. The lowest BCUT2D eigenvalue weighted by Gasteiger charge is -2.15. The van der Waals surface area contributed by atoms with E-state index in [2.05, 4.69) is 0 Å². The first-order valence-electron chi connectivity index (χ1n) is 8.26. The van der Waals surface area contributed by atoms with Crippen molar-refractivity contribution in [3.8, 4) is 0 Å². The maximum Gasteiger partial charge on any atom is 0.334 e. The Balaban J connectivity index is 1.77. The molecule has 2 saturated heterocycles. The molecule has 0 saturated carbocycles. The number of carbonyl (C=O) groups excluding carboxylic acids is 4. The number of amides is 4. The van der Waals surface area contributed by atoms with E-state index in [9.17, 15) is 19.2 Å². The highest BCUT2D eigenvalue weighted by atomic mass is 16.5. The molecule has 0 N–H and O–H groups in total. The molecule has 4 amide bonds. The molecule has 2 aliphatic rings. The molecule has 0 unspecified atom stereocenters. The molecule has 0 spiro atoms. The zero-order valence-electron chi connectivity index (χ0n) is 14.6. The van der Waals surface area contributed by atoms with Crippen molar-refractivity contribution in [3.05, 3.63) is 23.0 Å². The van der Waals surface area contributed by atoms with Crippen LogP contribution >= 0.6 is 0 Å². The van der Waals surface area contributed by atoms with E-state index in [1.165, 1.54) is 7.05 Å². The zero-order valence-corrected chi connectivity index (χ0v) is 14.6. The van der Waals surface area contributed by atoms with Gasteiger partial charge in [0.2, 0.25) is 0 Å². The fourth-order valence-electron chi connectivity index (χ4n) is 3.34. The van der Waals surface area contributed by atoms with Gasteiger partial charge in [-0.1, -0.05) is 0 Å². The summed E-state index contributed by atoms with van der Waals surface area (Å²) in [6.45, 7) is 4.74. The van der Waals surface area contributed by atoms with Gasteiger partial charge in [-0.25, -0.2) is 9.69 Å². The number of aromatic nitrogens is 1. The Morgan fingerprint density at radius 3 is 2.52 bits per heavy atom. The first-order chi connectivity index (χ1) is 11.8. The van der Waals surface area contributed by atoms with Crippen LogP contribution in [0.25, 0.3) is 0 Å². The third kappa shape index (κ3) is 2.97. The Morgan fingerprint density at radius 2 is 1.96 bits per heavy atom. The van der Waals surface area contributed by atoms with Crippen molar-refractivity contribution in [2.24, 2.45) is 0 Å². The molecule has 0 aromatic carbocycles. The fraction of sp³-hybridized carbons (Fsp3) is 0.529. The van der Waals surface area contributed by atoms with E-state index in [0.29, 0.717) is 17.0 Å². The average molecular weight is 347 g/mol. The summed E-state index contributed by atoms with van der Waals surface area (Å²) in [6.07, 6.45) is 2.17. The molecule has 1 atom stereocenters. The van der Waals surface area contributed by atoms with Gasteiger partial charge in [0.15, 0.2) is 5.78 Å². The highest BCUT2D eigenvalue weighted by Gasteiger charge is 2.43. The Bertz CT molecular complexity index is 761. The van der Waals surface area contributed by atoms with E-state index in [1.807, 2.05) is 18.4 Å². The van der Waals surface area contributed by atoms with Gasteiger partial charge >= 0.3 is 17.8 Å². The predicted molar refractivity (Wildman–Crippen MR) is 87.1 cm³/mol. The molecule has 0 radical (unpaired) electrons. The lowest BCUT2D eigenvalue weighted by molar-refractivity contribution is -0.142. The van der Waals surface area contributed by atoms with Crippen molar-refractivity contribution in [2.45, 2.75) is 39.3 Å². The minimum atomic E-state index is -0.964. The zero-order chi connectivity index (χ0) is 18.3. The summed E-state index contributed by atoms with van der Waals surface area (Å²) in [5.41, 5.74) is 2.15. The van der Waals surface area contributed by atoms with Crippen LogP contribution in [0.3, 0.4) is 0 Å². The molecule has 1 aromatic rings. The van der Waals surface area contributed by atoms with Gasteiger partial charge < -0.3 is 9.30 Å². The number of carbonyl (C=O) groups is 4. The summed E-state index contributed by atoms with van der Waals surface area (Å²) in [5.74, 6) is -2.24. The molecule has 2 aliphatic heterocycles. The molecule has 1 aromatic heterocycles. The number of hydrogen-bond donors (Lipinski definition) is 0. The number of nitrogens with zero attached hydrogens (tertiary/aromatic N) is 3. The maximum atomic E-state index is 12.6. The van der Waals surface area contributed by atoms with Crippen molar-refractivity contribution in [1.29, 1.82) is 0 Å². The summed E-state index contributed by atoms with van der Waals surface area (Å²) in [4.78, 5) is 49.3. The van der Waals surface area contributed by atoms with Gasteiger partial charge in [-0.3, -0.25) is 19.3 Å². The summed E-state index contributed by atoms with van der Waals surface area (Å²) in [5, 5.41) is 0. The van der Waals surface area contributed by atoms with Crippen LogP contribution in [-0.2, 0) is 20.9 Å². The van der Waals surface area contributed by atoms with Gasteiger partial charge in [0.05, 0.1) is 12.6 Å². The predicted octanol–water partition coefficient (Wildman–Crippen LogP) is 0.887. The molecule has 2 fully saturated rings. The van der Waals surface area contributed by atoms with E-state index in [4.69, 9.17) is 4.74 Å². The van der Waals surface area contributed by atoms with E-state index >= 15 is 0 Å². The Hall–Kier alpha value is -2.48. The van der Waals surface area contributed by atoms with Gasteiger partial charge in [-0.05, 0) is 32.8 Å². The van der Waals surface area contributed by atoms with Crippen molar-refractivity contribution in [1.82, 2.24) is 14.4 Å². The largest absolute Gasteiger partial charge is 0.376 e. The van der Waals surface area contributed by atoms with Crippen LogP contribution in [0, 0.1) is 13.8 Å². The highest BCUT2D eigenvalue weighted by Crippen LogP contribution is 2.21. The van der Waals surface area contributed by atoms with E-state index in [-0.39, 0.29) is 11.9 Å². The summed E-state index contributed by atoms with van der Waals surface area (Å²) in [7, 11) is 1.22. The van der Waals surface area contributed by atoms with Crippen molar-refractivity contribution >= 4 is 23.6 Å². The highest BCUT2D eigenvalue weighted by molar-refractivity contribution is 6.45. The van der Waals surface area contributed by atoms with Crippen molar-refractivity contribution in [3.63, 3.8) is 0 Å². The number of urea groups is 1. The van der Waals surface area contributed by atoms with Crippen LogP contribution in [0.4, 0.5) is 4.79 Å². The van der Waals surface area contributed by atoms with Crippen LogP contribution in [0.5, 0.6) is 0 Å². The number of hydrogen-bond acceptors (Lipinski definition) is 5. The van der Waals surface area contributed by atoms with Gasteiger partial charge in [0.25, 0.3) is 0 Å². The standard InChI is InChI=1S/C17H21N3O5/c1-10-7-13(11(2)19(10)8-12-5-4-6-25-12)14(21)9-20-16(23)15(22)18(3)17(20)24/h7,12H,4-6,8-9H2,1-3H3/t12-/m0/s1. The molecule has 25 heavy (non-hydrogen) atoms. The lowest BCUT2D eigenvalue weighted by atomic mass is 10.1. The van der Waals surface area contributed by atoms with Crippen LogP contribution in [0.1, 0.15) is 34.6 Å². The number of ether oxygens (including phenoxy) is 1. The topological polar surface area (TPSA) is 88.9 Å². The molecular weight excluding hydrogens is 326 g/mol. The van der Waals surface area contributed by atoms with E-state index < -0.39 is 24.4 Å². The molecule has 134 valence electrons. The van der Waals surface area contributed by atoms with E-state index in [1.54, 1.807) is 6.07 Å². The number of Topliss-reactive ketones (excluding diaryl/α,β-unsaturated/α-hetero) is 1. The maximum absolute atomic E-state index is 12.6. The number of imide groups is 2. The molecule has 0 bridgehead atoms. The summed E-state index contributed by atoms with van der Waals surface area (Å²) in [6, 6.07) is 0.986. The van der Waals surface area contributed by atoms with Gasteiger partial charge in [0, 0.05) is 37.2 Å². The molecular formula is C17H21N3O5. The number of ketones is 1. The van der Waals surface area contributed by atoms with Crippen LogP contribution in [0.2, 0.25) is 0 Å². The van der Waals surface area contributed by atoms with Gasteiger partial charge in [-0.15, -0.1) is 0 Å². The van der Waals surface area contributed by atoms with E-state index in [0.717, 1.165) is 35.7 Å². The number of aryl methyl sites for hydroxylation is 1. The second-order valence-electron chi connectivity index (χ2n) is 6.49. The van der Waals surface area contributed by atoms with Crippen molar-refractivity contribution < 1.29 is 23.9 Å². The van der Waals surface area contributed by atoms with Crippen molar-refractivity contribution in [2.75, 3.05) is 20.2 Å². The minimum absolute atomic E-state index is 0.140. The molecule has 8 nitrogen and oxygen atoms in total. The molecule has 8 heteroatoms. The Morgan fingerprint density at radius 1 is 1.24 bits per heavy atom. The first kappa shape index (κ1) is 17.3. The number of likely N-dealkylation sites (N-methyl/N-ethyl adjacent to an activating group) is 1. The van der Waals surface area contributed by atoms with Gasteiger partial charge in [-0.2, -0.15) is 0 Å². The second-order valence-corrected chi connectivity index (χ2v) is 6.49.